The summed E-state index contributed by atoms with van der Waals surface area (Å²) in [5, 5.41) is 0.462. The number of benzene rings is 1. The molecule has 0 fully saturated rings. The highest BCUT2D eigenvalue weighted by molar-refractivity contribution is 5.84. The summed E-state index contributed by atoms with van der Waals surface area (Å²) in [5.74, 6) is -2.36. The van der Waals surface area contributed by atoms with E-state index in [0.717, 1.165) is 17.7 Å². The lowest BCUT2D eigenvalue weighted by Crippen LogP contribution is -2.25. The molecule has 2 aliphatic rings. The molecule has 0 saturated carbocycles. The number of carbonyl (C=O) groups is 1. The fourth-order valence-electron chi connectivity index (χ4n) is 3.90. The van der Waals surface area contributed by atoms with Crippen LogP contribution in [-0.4, -0.2) is 22.6 Å². The molecule has 0 saturated heterocycles. The normalized spacial score (nSPS) is 16.7. The zero-order valence-corrected chi connectivity index (χ0v) is 16.8. The molecule has 4 heterocycles. The zero-order chi connectivity index (χ0) is 21.6. The number of pyridine rings is 2. The second-order valence-corrected chi connectivity index (χ2v) is 6.90. The van der Waals surface area contributed by atoms with Gasteiger partial charge < -0.3 is 14.0 Å². The summed E-state index contributed by atoms with van der Waals surface area (Å²) in [6.45, 7) is 4.14. The summed E-state index contributed by atoms with van der Waals surface area (Å²) >= 11 is 0. The van der Waals surface area contributed by atoms with Gasteiger partial charge in [-0.3, -0.25) is 9.59 Å². The Bertz CT molecular complexity index is 1240. The monoisotopic (exact) mass is 414 g/mol. The molecule has 156 valence electrons. The van der Waals surface area contributed by atoms with Gasteiger partial charge in [0.15, 0.2) is 11.6 Å². The van der Waals surface area contributed by atoms with Gasteiger partial charge in [0.05, 0.1) is 41.5 Å². The molecule has 0 N–H and O–H groups in total. The molecule has 0 radical (unpaired) electrons. The zero-order valence-electron chi connectivity index (χ0n) is 16.8. The number of fused-ring (bicyclic) bond motifs is 5. The third-order valence-electron chi connectivity index (χ3n) is 5.30. The molecule has 1 aromatic carbocycles. The van der Waals surface area contributed by atoms with Gasteiger partial charge in [-0.15, -0.1) is 0 Å². The van der Waals surface area contributed by atoms with Crippen LogP contribution in [0.5, 0.6) is 0 Å². The third-order valence-corrected chi connectivity index (χ3v) is 5.30. The van der Waals surface area contributed by atoms with Gasteiger partial charge in [-0.2, -0.15) is 0 Å². The van der Waals surface area contributed by atoms with Crippen LogP contribution in [0.15, 0.2) is 29.1 Å². The molecule has 3 aromatic rings. The molecule has 1 unspecified atom stereocenters. The van der Waals surface area contributed by atoms with Crippen LogP contribution in [0.4, 0.5) is 8.78 Å². The van der Waals surface area contributed by atoms with Crippen LogP contribution >= 0.6 is 0 Å². The van der Waals surface area contributed by atoms with Gasteiger partial charge in [-0.1, -0.05) is 13.8 Å². The van der Waals surface area contributed by atoms with Gasteiger partial charge in [0.1, 0.15) is 6.61 Å². The van der Waals surface area contributed by atoms with Gasteiger partial charge in [-0.05, 0) is 23.8 Å². The first-order valence-corrected chi connectivity index (χ1v) is 9.70. The molecule has 1 atom stereocenters. The molecule has 0 spiro atoms. The molecule has 0 aliphatic carbocycles. The van der Waals surface area contributed by atoms with Crippen molar-refractivity contribution in [2.75, 3.05) is 7.11 Å². The molecular weight excluding hydrogens is 394 g/mol. The first kappa shape index (κ1) is 20.2. The van der Waals surface area contributed by atoms with Crippen molar-refractivity contribution >= 4 is 16.9 Å². The lowest BCUT2D eigenvalue weighted by molar-refractivity contribution is -0.146. The molecule has 8 heteroatoms. The number of rotatable bonds is 1. The lowest BCUT2D eigenvalue weighted by Gasteiger charge is -2.16. The number of halogens is 2. The average molecular weight is 414 g/mol. The number of aromatic nitrogens is 2. The number of cyclic esters (lactones) is 1. The number of carbonyl (C=O) groups excluding carboxylic acids is 1. The number of methoxy groups -OCH3 is 1. The average Bonchev–Trinajstić information content (AvgIpc) is 3.00. The van der Waals surface area contributed by atoms with Crippen LogP contribution in [0.2, 0.25) is 0 Å². The minimum Gasteiger partial charge on any atom is -0.460 e. The Balaban J connectivity index is 0.00000106. The Morgan fingerprint density at radius 3 is 2.60 bits per heavy atom. The number of hydrogen-bond donors (Lipinski definition) is 0. The number of esters is 1. The smallest absolute Gasteiger partial charge is 0.309 e. The van der Waals surface area contributed by atoms with Gasteiger partial charge in [0.25, 0.3) is 5.56 Å². The maximum atomic E-state index is 13.6. The highest BCUT2D eigenvalue weighted by atomic mass is 19.2. The van der Waals surface area contributed by atoms with Crippen molar-refractivity contribution in [3.63, 3.8) is 0 Å². The Kier molecular flexibility index (Phi) is 5.11. The minimum absolute atomic E-state index is 0.00882. The van der Waals surface area contributed by atoms with E-state index >= 15 is 0 Å². The van der Waals surface area contributed by atoms with E-state index in [1.165, 1.54) is 11.7 Å². The molecule has 6 nitrogen and oxygen atoms in total. The van der Waals surface area contributed by atoms with Gasteiger partial charge in [-0.25, -0.2) is 13.8 Å². The van der Waals surface area contributed by atoms with Crippen molar-refractivity contribution in [1.82, 2.24) is 9.55 Å². The van der Waals surface area contributed by atoms with Gasteiger partial charge in [0, 0.05) is 24.1 Å². The van der Waals surface area contributed by atoms with Crippen LogP contribution in [0.3, 0.4) is 0 Å². The van der Waals surface area contributed by atoms with E-state index in [1.54, 1.807) is 12.1 Å². The molecule has 30 heavy (non-hydrogen) atoms. The Morgan fingerprint density at radius 2 is 1.87 bits per heavy atom. The maximum Gasteiger partial charge on any atom is 0.309 e. The Labute approximate surface area is 171 Å². The van der Waals surface area contributed by atoms with Crippen LogP contribution in [-0.2, 0) is 27.4 Å². The molecule has 5 rings (SSSR count). The molecule has 2 aromatic heterocycles. The first-order valence-electron chi connectivity index (χ1n) is 9.70. The quantitative estimate of drug-likeness (QED) is 0.443. The highest BCUT2D eigenvalue weighted by Gasteiger charge is 2.31. The van der Waals surface area contributed by atoms with Crippen molar-refractivity contribution < 1.29 is 23.0 Å². The predicted molar refractivity (Wildman–Crippen MR) is 106 cm³/mol. The molecule has 2 aliphatic heterocycles. The van der Waals surface area contributed by atoms with E-state index in [1.807, 2.05) is 13.8 Å². The van der Waals surface area contributed by atoms with E-state index in [0.29, 0.717) is 33.4 Å². The summed E-state index contributed by atoms with van der Waals surface area (Å²) in [4.78, 5) is 29.3. The summed E-state index contributed by atoms with van der Waals surface area (Å²) in [6.07, 6.45) is -0.589. The van der Waals surface area contributed by atoms with Crippen LogP contribution in [0.1, 0.15) is 43.1 Å². The SMILES string of the molecule is CC.COC1CC(=O)OCc2c1cc1n(c2=O)Cc2cc3cc(F)c(F)cc3nc2-1. The van der Waals surface area contributed by atoms with Gasteiger partial charge in [0.2, 0.25) is 0 Å². The fraction of sp³-hybridized carbons (Fsp3) is 0.318. The van der Waals surface area contributed by atoms with Crippen molar-refractivity contribution in [3.8, 4) is 11.4 Å². The summed E-state index contributed by atoms with van der Waals surface area (Å²) in [5.41, 5.74) is 2.80. The van der Waals surface area contributed by atoms with Crippen LogP contribution < -0.4 is 5.56 Å². The van der Waals surface area contributed by atoms with Crippen molar-refractivity contribution in [2.24, 2.45) is 0 Å². The Morgan fingerprint density at radius 1 is 1.13 bits per heavy atom. The van der Waals surface area contributed by atoms with Crippen LogP contribution in [0.25, 0.3) is 22.3 Å². The fourth-order valence-corrected chi connectivity index (χ4v) is 3.90. The summed E-state index contributed by atoms with van der Waals surface area (Å²) < 4.78 is 39.3. The molecule has 0 bridgehead atoms. The maximum absolute atomic E-state index is 13.6. The van der Waals surface area contributed by atoms with Crippen LogP contribution in [0, 0.1) is 11.6 Å². The van der Waals surface area contributed by atoms with E-state index in [4.69, 9.17) is 9.47 Å². The third kappa shape index (κ3) is 3.08. The second-order valence-electron chi connectivity index (χ2n) is 6.90. The Hall–Kier alpha value is -3.13. The molecular formula is C22H20F2N2O4. The summed E-state index contributed by atoms with van der Waals surface area (Å²) in [6, 6.07) is 5.63. The van der Waals surface area contributed by atoms with Gasteiger partial charge >= 0.3 is 5.97 Å². The van der Waals surface area contributed by atoms with E-state index in [-0.39, 0.29) is 25.1 Å². The van der Waals surface area contributed by atoms with Crippen molar-refractivity contribution in [1.29, 1.82) is 0 Å². The molecule has 0 amide bonds. The first-order chi connectivity index (χ1) is 14.5. The standard InChI is InChI=1S/C20H14F2N2O4.C2H6/c1-27-17-6-18(25)28-8-12-11(17)4-16-19-10(7-24(16)20(12)26)2-9-3-13(21)14(22)5-15(9)23-19;1-2/h2-5,17H,6-8H2,1H3;1-2H3. The topological polar surface area (TPSA) is 70.4 Å². The largest absolute Gasteiger partial charge is 0.460 e. The lowest BCUT2D eigenvalue weighted by atomic mass is 10.0. The summed E-state index contributed by atoms with van der Waals surface area (Å²) in [7, 11) is 1.47. The van der Waals surface area contributed by atoms with E-state index in [2.05, 4.69) is 4.98 Å². The second kappa shape index (κ2) is 7.60. The minimum atomic E-state index is -0.979. The highest BCUT2D eigenvalue weighted by Crippen LogP contribution is 2.36. The van der Waals surface area contributed by atoms with E-state index < -0.39 is 23.7 Å². The number of nitrogens with zero attached hydrogens (tertiary/aromatic N) is 2. The predicted octanol–water partition coefficient (Wildman–Crippen LogP) is 3.86. The van der Waals surface area contributed by atoms with E-state index in [9.17, 15) is 18.4 Å². The number of hydrogen-bond acceptors (Lipinski definition) is 5. The van der Waals surface area contributed by atoms with Crippen molar-refractivity contribution in [2.45, 2.75) is 39.5 Å². The van der Waals surface area contributed by atoms with Crippen molar-refractivity contribution in [3.05, 3.63) is 62.9 Å². The number of ether oxygens (including phenoxy) is 2.